The van der Waals surface area contributed by atoms with Gasteiger partial charge in [0.1, 0.15) is 13.2 Å². The third kappa shape index (κ3) is 3.28. The standard InChI is InChI=1S/C17H16Cl2O2/c1-11-3-2-4-12(7-11)8-14(18)13-9-16-17(10-15(13)19)21-6-5-20-16/h2-4,7,9-10,14H,5-6,8H2,1H3. The SMILES string of the molecule is Cc1cccc(CC(Cl)c2cc3c(cc2Cl)OCCO3)c1. The molecule has 0 aromatic heterocycles. The summed E-state index contributed by atoms with van der Waals surface area (Å²) in [6, 6.07) is 12.0. The van der Waals surface area contributed by atoms with Crippen molar-refractivity contribution < 1.29 is 9.47 Å². The van der Waals surface area contributed by atoms with Gasteiger partial charge in [-0.25, -0.2) is 0 Å². The lowest BCUT2D eigenvalue weighted by Gasteiger charge is -2.21. The summed E-state index contributed by atoms with van der Waals surface area (Å²) >= 11 is 12.9. The fraction of sp³-hybridized carbons (Fsp3) is 0.294. The van der Waals surface area contributed by atoms with Crippen molar-refractivity contribution in [2.45, 2.75) is 18.7 Å². The molecule has 2 nitrogen and oxygen atoms in total. The molecule has 21 heavy (non-hydrogen) atoms. The van der Waals surface area contributed by atoms with Gasteiger partial charge in [-0.2, -0.15) is 0 Å². The van der Waals surface area contributed by atoms with E-state index in [1.807, 2.05) is 12.1 Å². The predicted octanol–water partition coefficient (Wildman–Crippen LogP) is 4.94. The Morgan fingerprint density at radius 3 is 2.52 bits per heavy atom. The number of fused-ring (bicyclic) bond motifs is 1. The first-order chi connectivity index (χ1) is 10.1. The molecule has 0 radical (unpaired) electrons. The lowest BCUT2D eigenvalue weighted by Crippen LogP contribution is -2.15. The first-order valence-electron chi connectivity index (χ1n) is 6.92. The minimum Gasteiger partial charge on any atom is -0.486 e. The molecule has 0 N–H and O–H groups in total. The largest absolute Gasteiger partial charge is 0.486 e. The van der Waals surface area contributed by atoms with E-state index in [2.05, 4.69) is 25.1 Å². The molecule has 4 heteroatoms. The molecular weight excluding hydrogens is 307 g/mol. The summed E-state index contributed by atoms with van der Waals surface area (Å²) < 4.78 is 11.1. The third-order valence-electron chi connectivity index (χ3n) is 3.50. The molecule has 0 aliphatic carbocycles. The highest BCUT2D eigenvalue weighted by molar-refractivity contribution is 6.33. The quantitative estimate of drug-likeness (QED) is 0.745. The number of hydrogen-bond acceptors (Lipinski definition) is 2. The number of ether oxygens (including phenoxy) is 2. The fourth-order valence-electron chi connectivity index (χ4n) is 2.48. The zero-order valence-electron chi connectivity index (χ0n) is 11.7. The molecular formula is C17H16Cl2O2. The van der Waals surface area contributed by atoms with Gasteiger partial charge in [-0.3, -0.25) is 0 Å². The van der Waals surface area contributed by atoms with Gasteiger partial charge in [0.15, 0.2) is 11.5 Å². The molecule has 0 saturated carbocycles. The highest BCUT2D eigenvalue weighted by Gasteiger charge is 2.19. The number of alkyl halides is 1. The smallest absolute Gasteiger partial charge is 0.162 e. The van der Waals surface area contributed by atoms with Crippen LogP contribution in [-0.4, -0.2) is 13.2 Å². The maximum atomic E-state index is 6.56. The van der Waals surface area contributed by atoms with Crippen molar-refractivity contribution in [2.75, 3.05) is 13.2 Å². The van der Waals surface area contributed by atoms with E-state index in [1.54, 1.807) is 6.07 Å². The molecule has 1 aliphatic heterocycles. The van der Waals surface area contributed by atoms with E-state index in [1.165, 1.54) is 11.1 Å². The van der Waals surface area contributed by atoms with Gasteiger partial charge in [0, 0.05) is 11.1 Å². The summed E-state index contributed by atoms with van der Waals surface area (Å²) in [7, 11) is 0. The molecule has 0 saturated heterocycles. The maximum Gasteiger partial charge on any atom is 0.162 e. The van der Waals surface area contributed by atoms with Gasteiger partial charge >= 0.3 is 0 Å². The normalized spacial score (nSPS) is 14.8. The monoisotopic (exact) mass is 322 g/mol. The summed E-state index contributed by atoms with van der Waals surface area (Å²) in [6.45, 7) is 3.18. The molecule has 3 rings (SSSR count). The van der Waals surface area contributed by atoms with Gasteiger partial charge in [-0.15, -0.1) is 11.6 Å². The van der Waals surface area contributed by atoms with Crippen LogP contribution < -0.4 is 9.47 Å². The van der Waals surface area contributed by atoms with Crippen LogP contribution in [0.25, 0.3) is 0 Å². The second-order valence-electron chi connectivity index (χ2n) is 5.18. The number of aryl methyl sites for hydroxylation is 1. The third-order valence-corrected chi connectivity index (χ3v) is 4.21. The van der Waals surface area contributed by atoms with Crippen LogP contribution in [0.1, 0.15) is 22.1 Å². The molecule has 0 amide bonds. The van der Waals surface area contributed by atoms with Crippen molar-refractivity contribution in [1.29, 1.82) is 0 Å². The Kier molecular flexibility index (Phi) is 4.27. The van der Waals surface area contributed by atoms with Crippen LogP contribution in [0.4, 0.5) is 0 Å². The lowest BCUT2D eigenvalue weighted by atomic mass is 10.0. The van der Waals surface area contributed by atoms with E-state index in [-0.39, 0.29) is 5.38 Å². The predicted molar refractivity (Wildman–Crippen MR) is 85.9 cm³/mol. The zero-order valence-corrected chi connectivity index (χ0v) is 13.2. The first-order valence-corrected chi connectivity index (χ1v) is 7.73. The van der Waals surface area contributed by atoms with Crippen LogP contribution in [0.5, 0.6) is 11.5 Å². The Morgan fingerprint density at radius 2 is 1.81 bits per heavy atom. The van der Waals surface area contributed by atoms with Crippen LogP contribution in [0.3, 0.4) is 0 Å². The van der Waals surface area contributed by atoms with Crippen molar-refractivity contribution in [2.24, 2.45) is 0 Å². The van der Waals surface area contributed by atoms with Crippen LogP contribution >= 0.6 is 23.2 Å². The second kappa shape index (κ2) is 6.17. The summed E-state index contributed by atoms with van der Waals surface area (Å²) in [6.07, 6.45) is 0.725. The molecule has 1 aliphatic rings. The average Bonchev–Trinajstić information content (AvgIpc) is 2.46. The molecule has 0 spiro atoms. The van der Waals surface area contributed by atoms with Crippen molar-refractivity contribution in [3.8, 4) is 11.5 Å². The minimum absolute atomic E-state index is 0.199. The van der Waals surface area contributed by atoms with Gasteiger partial charge in [0.05, 0.1) is 5.38 Å². The van der Waals surface area contributed by atoms with Crippen LogP contribution in [0, 0.1) is 6.92 Å². The van der Waals surface area contributed by atoms with Gasteiger partial charge < -0.3 is 9.47 Å². The van der Waals surface area contributed by atoms with Crippen molar-refractivity contribution in [1.82, 2.24) is 0 Å². The Morgan fingerprint density at radius 1 is 1.10 bits per heavy atom. The Balaban J connectivity index is 1.85. The van der Waals surface area contributed by atoms with Gasteiger partial charge in [-0.1, -0.05) is 41.4 Å². The van der Waals surface area contributed by atoms with E-state index in [0.29, 0.717) is 24.0 Å². The van der Waals surface area contributed by atoms with Gasteiger partial charge in [0.2, 0.25) is 0 Å². The van der Waals surface area contributed by atoms with Crippen molar-refractivity contribution in [3.63, 3.8) is 0 Å². The average molecular weight is 323 g/mol. The molecule has 1 unspecified atom stereocenters. The summed E-state index contributed by atoms with van der Waals surface area (Å²) in [5, 5.41) is 0.419. The molecule has 2 aromatic carbocycles. The number of hydrogen-bond donors (Lipinski definition) is 0. The van der Waals surface area contributed by atoms with E-state index < -0.39 is 0 Å². The molecule has 1 heterocycles. The Labute approximate surface area is 134 Å². The fourth-order valence-corrected chi connectivity index (χ4v) is 3.18. The Hall–Kier alpha value is -1.38. The summed E-state index contributed by atoms with van der Waals surface area (Å²) in [5.41, 5.74) is 3.30. The number of rotatable bonds is 3. The minimum atomic E-state index is -0.199. The Bertz CT molecular complexity index is 655. The number of halogens is 2. The van der Waals surface area contributed by atoms with Crippen LogP contribution in [0.15, 0.2) is 36.4 Å². The van der Waals surface area contributed by atoms with Gasteiger partial charge in [-0.05, 0) is 30.5 Å². The van der Waals surface area contributed by atoms with E-state index in [9.17, 15) is 0 Å². The highest BCUT2D eigenvalue weighted by Crippen LogP contribution is 2.40. The molecule has 1 atom stereocenters. The number of benzene rings is 2. The van der Waals surface area contributed by atoms with Crippen LogP contribution in [0.2, 0.25) is 5.02 Å². The van der Waals surface area contributed by atoms with Gasteiger partial charge in [0.25, 0.3) is 0 Å². The molecule has 0 bridgehead atoms. The first kappa shape index (κ1) is 14.6. The lowest BCUT2D eigenvalue weighted by molar-refractivity contribution is 0.171. The summed E-state index contributed by atoms with van der Waals surface area (Å²) in [5.74, 6) is 1.41. The highest BCUT2D eigenvalue weighted by atomic mass is 35.5. The van der Waals surface area contributed by atoms with Crippen molar-refractivity contribution >= 4 is 23.2 Å². The topological polar surface area (TPSA) is 18.5 Å². The molecule has 2 aromatic rings. The zero-order chi connectivity index (χ0) is 14.8. The molecule has 0 fully saturated rings. The van der Waals surface area contributed by atoms with Crippen LogP contribution in [-0.2, 0) is 6.42 Å². The van der Waals surface area contributed by atoms with E-state index in [4.69, 9.17) is 32.7 Å². The second-order valence-corrected chi connectivity index (χ2v) is 6.11. The van der Waals surface area contributed by atoms with Crippen molar-refractivity contribution in [3.05, 3.63) is 58.1 Å². The summed E-state index contributed by atoms with van der Waals surface area (Å²) in [4.78, 5) is 0. The maximum absolute atomic E-state index is 6.56. The van der Waals surface area contributed by atoms with E-state index >= 15 is 0 Å². The van der Waals surface area contributed by atoms with E-state index in [0.717, 1.165) is 17.7 Å². The molecule has 110 valence electrons.